The van der Waals surface area contributed by atoms with Crippen molar-refractivity contribution in [2.45, 2.75) is 361 Å². The van der Waals surface area contributed by atoms with Gasteiger partial charge in [0.15, 0.2) is 6.10 Å². The molecule has 428 valence electrons. The van der Waals surface area contributed by atoms with Crippen molar-refractivity contribution in [2.75, 3.05) is 13.2 Å². The van der Waals surface area contributed by atoms with Gasteiger partial charge < -0.3 is 14.2 Å². The summed E-state index contributed by atoms with van der Waals surface area (Å²) >= 11 is 0. The van der Waals surface area contributed by atoms with Gasteiger partial charge in [-0.05, 0) is 57.8 Å². The van der Waals surface area contributed by atoms with Gasteiger partial charge in [0.1, 0.15) is 13.2 Å². The molecule has 6 nitrogen and oxygen atoms in total. The van der Waals surface area contributed by atoms with Crippen LogP contribution in [0.4, 0.5) is 0 Å². The van der Waals surface area contributed by atoms with Gasteiger partial charge in [-0.3, -0.25) is 14.4 Å². The zero-order valence-corrected chi connectivity index (χ0v) is 49.2. The van der Waals surface area contributed by atoms with Crippen LogP contribution < -0.4 is 0 Å². The average molecular weight is 1030 g/mol. The normalized spacial score (nSPS) is 12.2. The van der Waals surface area contributed by atoms with Crippen LogP contribution in [0, 0.1) is 0 Å². The second-order valence-corrected chi connectivity index (χ2v) is 22.0. The zero-order valence-electron chi connectivity index (χ0n) is 49.2. The van der Waals surface area contributed by atoms with Crippen molar-refractivity contribution >= 4 is 17.9 Å². The fourth-order valence-corrected chi connectivity index (χ4v) is 9.75. The smallest absolute Gasteiger partial charge is 0.306 e. The molecule has 1 unspecified atom stereocenters. The Morgan fingerprint density at radius 2 is 0.493 bits per heavy atom. The summed E-state index contributed by atoms with van der Waals surface area (Å²) in [6.07, 6.45) is 76.0. The Hall–Kier alpha value is -2.37. The summed E-state index contributed by atoms with van der Waals surface area (Å²) in [5.74, 6) is -0.843. The lowest BCUT2D eigenvalue weighted by atomic mass is 10.0. The first-order valence-corrected chi connectivity index (χ1v) is 32.5. The molecule has 0 saturated heterocycles. The third-order valence-electron chi connectivity index (χ3n) is 14.6. The number of rotatable bonds is 60. The van der Waals surface area contributed by atoms with E-state index >= 15 is 0 Å². The highest BCUT2D eigenvalue weighted by molar-refractivity contribution is 5.71. The summed E-state index contributed by atoms with van der Waals surface area (Å²) in [7, 11) is 0. The van der Waals surface area contributed by atoms with Crippen molar-refractivity contribution in [2.24, 2.45) is 0 Å². The molecule has 0 aliphatic heterocycles. The molecule has 0 bridgehead atoms. The molecule has 0 radical (unpaired) electrons. The molecule has 6 heteroatoms. The largest absolute Gasteiger partial charge is 0.462 e. The summed E-state index contributed by atoms with van der Waals surface area (Å²) in [5, 5.41) is 0. The van der Waals surface area contributed by atoms with E-state index in [4.69, 9.17) is 14.2 Å². The van der Waals surface area contributed by atoms with E-state index in [0.717, 1.165) is 70.6 Å². The summed E-state index contributed by atoms with van der Waals surface area (Å²) in [4.78, 5) is 38.2. The minimum atomic E-state index is -0.765. The number of ether oxygens (including phenoxy) is 3. The second-order valence-electron chi connectivity index (χ2n) is 22.0. The van der Waals surface area contributed by atoms with Crippen LogP contribution in [0.15, 0.2) is 36.5 Å². The number of hydrogen-bond donors (Lipinski definition) is 0. The van der Waals surface area contributed by atoms with E-state index in [0.29, 0.717) is 19.3 Å². The van der Waals surface area contributed by atoms with Crippen LogP contribution in [0.2, 0.25) is 0 Å². The van der Waals surface area contributed by atoms with Gasteiger partial charge >= 0.3 is 17.9 Å². The molecule has 73 heavy (non-hydrogen) atoms. The molecule has 0 spiro atoms. The Morgan fingerprint density at radius 3 is 0.767 bits per heavy atom. The Labute approximate surface area is 455 Å². The Kier molecular flexibility index (Phi) is 60.2. The number of hydrogen-bond acceptors (Lipinski definition) is 6. The maximum atomic E-state index is 12.8. The molecule has 0 heterocycles. The average Bonchev–Trinajstić information content (AvgIpc) is 3.39. The van der Waals surface area contributed by atoms with Crippen LogP contribution >= 0.6 is 0 Å². The van der Waals surface area contributed by atoms with Gasteiger partial charge in [-0.15, -0.1) is 0 Å². The lowest BCUT2D eigenvalue weighted by Gasteiger charge is -2.18. The van der Waals surface area contributed by atoms with E-state index in [1.165, 1.54) is 244 Å². The van der Waals surface area contributed by atoms with Crippen LogP contribution in [0.3, 0.4) is 0 Å². The summed E-state index contributed by atoms with van der Waals surface area (Å²) in [6, 6.07) is 0. The van der Waals surface area contributed by atoms with Crippen LogP contribution in [-0.4, -0.2) is 37.2 Å². The molecule has 0 saturated carbocycles. The molecular weight excluding hydrogens is 901 g/mol. The highest BCUT2D eigenvalue weighted by atomic mass is 16.6. The molecule has 0 N–H and O–H groups in total. The first-order valence-electron chi connectivity index (χ1n) is 32.5. The van der Waals surface area contributed by atoms with Gasteiger partial charge in [0.2, 0.25) is 0 Å². The fourth-order valence-electron chi connectivity index (χ4n) is 9.75. The number of carbonyl (C=O) groups is 3. The van der Waals surface area contributed by atoms with Crippen LogP contribution in [-0.2, 0) is 28.6 Å². The van der Waals surface area contributed by atoms with Gasteiger partial charge in [-0.2, -0.15) is 0 Å². The zero-order chi connectivity index (χ0) is 52.9. The predicted octanol–water partition coefficient (Wildman–Crippen LogP) is 22.0. The molecule has 1 atom stereocenters. The van der Waals surface area contributed by atoms with Gasteiger partial charge in [0, 0.05) is 19.3 Å². The van der Waals surface area contributed by atoms with Crippen molar-refractivity contribution in [3.05, 3.63) is 36.5 Å². The molecule has 0 aromatic carbocycles. The van der Waals surface area contributed by atoms with Crippen molar-refractivity contribution in [1.82, 2.24) is 0 Å². The minimum absolute atomic E-state index is 0.0654. The van der Waals surface area contributed by atoms with Crippen LogP contribution in [0.25, 0.3) is 0 Å². The van der Waals surface area contributed by atoms with Crippen LogP contribution in [0.1, 0.15) is 355 Å². The number of allylic oxidation sites excluding steroid dienone is 6. The van der Waals surface area contributed by atoms with E-state index in [1.54, 1.807) is 0 Å². The predicted molar refractivity (Wildman–Crippen MR) is 316 cm³/mol. The molecular formula is C67H124O6. The maximum Gasteiger partial charge on any atom is 0.306 e. The standard InChI is InChI=1S/C67H124O6/c1-4-7-10-13-16-19-22-24-25-26-27-28-29-30-31-32-33-34-35-36-37-38-39-40-41-43-45-48-51-54-57-60-66(69)72-63-64(62-71-65(68)59-56-53-50-47-44-21-18-15-12-9-6-3)73-67(70)61-58-55-52-49-46-42-23-20-17-14-11-8-5-2/h22,24,26-27,29-30,64H,4-21,23,25,28,31-63H2,1-3H3/b24-22-,27-26-,30-29-. The molecule has 0 aliphatic rings. The Balaban J connectivity index is 4.08. The van der Waals surface area contributed by atoms with Gasteiger partial charge in [-0.25, -0.2) is 0 Å². The first kappa shape index (κ1) is 70.6. The summed E-state index contributed by atoms with van der Waals surface area (Å²) in [5.41, 5.74) is 0. The van der Waals surface area contributed by atoms with Crippen molar-refractivity contribution in [3.63, 3.8) is 0 Å². The minimum Gasteiger partial charge on any atom is -0.462 e. The molecule has 0 amide bonds. The monoisotopic (exact) mass is 1020 g/mol. The first-order chi connectivity index (χ1) is 36.0. The topological polar surface area (TPSA) is 78.9 Å². The lowest BCUT2D eigenvalue weighted by molar-refractivity contribution is -0.167. The van der Waals surface area contributed by atoms with E-state index in [1.807, 2.05) is 0 Å². The van der Waals surface area contributed by atoms with E-state index in [9.17, 15) is 14.4 Å². The molecule has 0 fully saturated rings. The van der Waals surface area contributed by atoms with Crippen LogP contribution in [0.5, 0.6) is 0 Å². The Morgan fingerprint density at radius 1 is 0.274 bits per heavy atom. The lowest BCUT2D eigenvalue weighted by Crippen LogP contribution is -2.30. The quantitative estimate of drug-likeness (QED) is 0.0261. The Bertz CT molecular complexity index is 1220. The van der Waals surface area contributed by atoms with E-state index in [-0.39, 0.29) is 31.1 Å². The molecule has 0 aromatic heterocycles. The van der Waals surface area contributed by atoms with Gasteiger partial charge in [0.05, 0.1) is 0 Å². The molecule has 0 aliphatic carbocycles. The second kappa shape index (κ2) is 62.2. The number of unbranched alkanes of at least 4 members (excludes halogenated alkanes) is 43. The third-order valence-corrected chi connectivity index (χ3v) is 14.6. The van der Waals surface area contributed by atoms with Gasteiger partial charge in [-0.1, -0.05) is 314 Å². The third kappa shape index (κ3) is 60.4. The van der Waals surface area contributed by atoms with Crippen molar-refractivity contribution in [1.29, 1.82) is 0 Å². The molecule has 0 rings (SSSR count). The van der Waals surface area contributed by atoms with Crippen molar-refractivity contribution in [3.8, 4) is 0 Å². The van der Waals surface area contributed by atoms with Gasteiger partial charge in [0.25, 0.3) is 0 Å². The SMILES string of the molecule is CCCCCCC/C=C\C/C=C\C/C=C\CCCCCCCCCCCCCCCCCCC(=O)OCC(COC(=O)CCCCCCCCCCCCC)OC(=O)CCCCCCCCCCCCCCC. The summed E-state index contributed by atoms with van der Waals surface area (Å²) < 4.78 is 16.9. The highest BCUT2D eigenvalue weighted by Crippen LogP contribution is 2.18. The van der Waals surface area contributed by atoms with Crippen molar-refractivity contribution < 1.29 is 28.6 Å². The van der Waals surface area contributed by atoms with E-state index in [2.05, 4.69) is 57.2 Å². The number of esters is 3. The molecule has 0 aromatic rings. The summed E-state index contributed by atoms with van der Waals surface area (Å²) in [6.45, 7) is 6.67. The fraction of sp³-hybridized carbons (Fsp3) is 0.866. The maximum absolute atomic E-state index is 12.8. The van der Waals surface area contributed by atoms with E-state index < -0.39 is 6.10 Å². The number of carbonyl (C=O) groups excluding carboxylic acids is 3. The highest BCUT2D eigenvalue weighted by Gasteiger charge is 2.19.